The van der Waals surface area contributed by atoms with E-state index in [2.05, 4.69) is 33.6 Å². The molecule has 0 saturated carbocycles. The van der Waals surface area contributed by atoms with Crippen LogP contribution in [0.2, 0.25) is 0 Å². The molecule has 42 heavy (non-hydrogen) atoms. The molecule has 2 saturated heterocycles. The molecule has 3 N–H and O–H groups in total. The number of benzene rings is 2. The highest BCUT2D eigenvalue weighted by Gasteiger charge is 2.38. The van der Waals surface area contributed by atoms with Crippen LogP contribution in [0.5, 0.6) is 0 Å². The Morgan fingerprint density at radius 3 is 2.24 bits per heavy atom. The minimum atomic E-state index is -0.284. The molecule has 6 rings (SSSR count). The topological polar surface area (TPSA) is 97.4 Å². The Hall–Kier alpha value is -3.67. The third kappa shape index (κ3) is 5.44. The molecule has 0 radical (unpaired) electrons. The number of nitrogens with zero attached hydrogens (tertiary/aromatic N) is 6. The van der Waals surface area contributed by atoms with Crippen LogP contribution >= 0.6 is 0 Å². The minimum absolute atomic E-state index is 0.0449. The lowest BCUT2D eigenvalue weighted by Crippen LogP contribution is -2.58. The summed E-state index contributed by atoms with van der Waals surface area (Å²) in [5.74, 6) is 7.22. The first-order valence-corrected chi connectivity index (χ1v) is 14.7. The van der Waals surface area contributed by atoms with Crippen molar-refractivity contribution in [2.45, 2.75) is 70.8 Å². The molecule has 2 aromatic carbocycles. The van der Waals surface area contributed by atoms with Gasteiger partial charge in [-0.3, -0.25) is 10.3 Å². The molecule has 0 unspecified atom stereocenters. The quantitative estimate of drug-likeness (QED) is 0.225. The van der Waals surface area contributed by atoms with E-state index in [9.17, 15) is 8.78 Å². The summed E-state index contributed by atoms with van der Waals surface area (Å²) in [4.78, 5) is 19.2. The van der Waals surface area contributed by atoms with Crippen LogP contribution in [0.1, 0.15) is 56.1 Å². The van der Waals surface area contributed by atoms with Gasteiger partial charge in [-0.15, -0.1) is 0 Å². The zero-order chi connectivity index (χ0) is 29.4. The standard InChI is InChI=1S/C31H38F2N8O/c1-4-25-17-39(29-27-30(37-31(36-29)38-34)40(20(3)35-27)18-26-6-5-15-42-26)19(2)16-41(25)28(21-7-11-23(32)12-8-21)22-9-13-24(33)14-10-22/h7-14,19,25-26,28H,4-6,15-18,34H2,1-3H3,(H,36,37,38)/t19-,25+,26-/m0/s1. The molecule has 0 amide bonds. The van der Waals surface area contributed by atoms with Gasteiger partial charge in [-0.05, 0) is 68.5 Å². The fourth-order valence-corrected chi connectivity index (χ4v) is 6.48. The fraction of sp³-hybridized carbons (Fsp3) is 0.452. The van der Waals surface area contributed by atoms with Crippen molar-refractivity contribution in [3.8, 4) is 0 Å². The molecule has 4 heterocycles. The summed E-state index contributed by atoms with van der Waals surface area (Å²) in [7, 11) is 0. The monoisotopic (exact) mass is 576 g/mol. The van der Waals surface area contributed by atoms with Crippen molar-refractivity contribution in [3.63, 3.8) is 0 Å². The van der Waals surface area contributed by atoms with Gasteiger partial charge in [-0.25, -0.2) is 19.6 Å². The number of aryl methyl sites for hydroxylation is 1. The number of ether oxygens (including phenoxy) is 1. The highest BCUT2D eigenvalue weighted by atomic mass is 19.1. The summed E-state index contributed by atoms with van der Waals surface area (Å²) >= 11 is 0. The fourth-order valence-electron chi connectivity index (χ4n) is 6.48. The third-order valence-corrected chi connectivity index (χ3v) is 8.64. The number of nitrogens with one attached hydrogen (secondary N) is 1. The number of hydrogen-bond donors (Lipinski definition) is 2. The van der Waals surface area contributed by atoms with Crippen LogP contribution in [0.15, 0.2) is 48.5 Å². The van der Waals surface area contributed by atoms with E-state index in [1.807, 2.05) is 31.2 Å². The number of aromatic nitrogens is 4. The number of piperazine rings is 1. The maximum atomic E-state index is 13.9. The molecule has 11 heteroatoms. The lowest BCUT2D eigenvalue weighted by Gasteiger charge is -2.49. The van der Waals surface area contributed by atoms with Crippen molar-refractivity contribution < 1.29 is 13.5 Å². The molecule has 2 aromatic heterocycles. The third-order valence-electron chi connectivity index (χ3n) is 8.64. The molecular weight excluding hydrogens is 538 g/mol. The van der Waals surface area contributed by atoms with E-state index in [0.717, 1.165) is 59.8 Å². The Labute approximate surface area is 244 Å². The first-order valence-electron chi connectivity index (χ1n) is 14.7. The van der Waals surface area contributed by atoms with E-state index in [4.69, 9.17) is 25.5 Å². The first kappa shape index (κ1) is 28.4. The van der Waals surface area contributed by atoms with Crippen molar-refractivity contribution in [1.82, 2.24) is 24.4 Å². The van der Waals surface area contributed by atoms with E-state index >= 15 is 0 Å². The Morgan fingerprint density at radius 1 is 1.00 bits per heavy atom. The summed E-state index contributed by atoms with van der Waals surface area (Å²) in [6.07, 6.45) is 3.07. The van der Waals surface area contributed by atoms with Gasteiger partial charge < -0.3 is 14.2 Å². The van der Waals surface area contributed by atoms with Gasteiger partial charge in [0, 0.05) is 31.8 Å². The van der Waals surface area contributed by atoms with Gasteiger partial charge in [0.25, 0.3) is 0 Å². The second kappa shape index (κ2) is 11.9. The number of nitrogen functional groups attached to an aromatic ring is 1. The summed E-state index contributed by atoms with van der Waals surface area (Å²) in [6, 6.07) is 13.2. The molecular formula is C31H38F2N8O. The molecule has 222 valence electrons. The van der Waals surface area contributed by atoms with Gasteiger partial charge in [-0.2, -0.15) is 9.97 Å². The molecule has 2 fully saturated rings. The van der Waals surface area contributed by atoms with Crippen molar-refractivity contribution in [2.24, 2.45) is 5.84 Å². The van der Waals surface area contributed by atoms with E-state index in [0.29, 0.717) is 25.6 Å². The van der Waals surface area contributed by atoms with Crippen molar-refractivity contribution in [1.29, 1.82) is 0 Å². The average Bonchev–Trinajstić information content (AvgIpc) is 3.62. The SMILES string of the molecule is CC[C@@H]1CN(c2nc(NN)nc3c2nc(C)n3C[C@@H]2CCCO2)[C@@H](C)CN1C(c1ccc(F)cc1)c1ccc(F)cc1. The lowest BCUT2D eigenvalue weighted by atomic mass is 9.92. The second-order valence-electron chi connectivity index (χ2n) is 11.4. The van der Waals surface area contributed by atoms with E-state index in [1.54, 1.807) is 0 Å². The van der Waals surface area contributed by atoms with Gasteiger partial charge in [0.05, 0.1) is 18.7 Å². The number of nitrogens with two attached hydrogens (primary N) is 1. The molecule has 2 aliphatic heterocycles. The Kier molecular flexibility index (Phi) is 8.06. The average molecular weight is 577 g/mol. The Balaban J connectivity index is 1.37. The normalized spacial score (nSPS) is 21.5. The summed E-state index contributed by atoms with van der Waals surface area (Å²) in [5, 5.41) is 0. The maximum absolute atomic E-state index is 13.9. The number of hydrazine groups is 1. The number of halogens is 2. The van der Waals surface area contributed by atoms with Crippen LogP contribution in [0, 0.1) is 18.6 Å². The highest BCUT2D eigenvalue weighted by molar-refractivity contribution is 5.85. The largest absolute Gasteiger partial charge is 0.376 e. The summed E-state index contributed by atoms with van der Waals surface area (Å²) in [5.41, 5.74) is 6.06. The van der Waals surface area contributed by atoms with Gasteiger partial charge in [0.2, 0.25) is 5.95 Å². The van der Waals surface area contributed by atoms with Gasteiger partial charge in [0.1, 0.15) is 17.5 Å². The minimum Gasteiger partial charge on any atom is -0.376 e. The number of rotatable bonds is 8. The zero-order valence-corrected chi connectivity index (χ0v) is 24.3. The van der Waals surface area contributed by atoms with Crippen LogP contribution in [0.25, 0.3) is 11.2 Å². The van der Waals surface area contributed by atoms with Crippen LogP contribution in [0.4, 0.5) is 20.5 Å². The molecule has 9 nitrogen and oxygen atoms in total. The molecule has 0 aliphatic carbocycles. The van der Waals surface area contributed by atoms with Crippen LogP contribution in [-0.4, -0.2) is 62.3 Å². The number of hydrogen-bond acceptors (Lipinski definition) is 8. The smallest absolute Gasteiger partial charge is 0.241 e. The van der Waals surface area contributed by atoms with E-state index in [1.165, 1.54) is 24.3 Å². The van der Waals surface area contributed by atoms with E-state index < -0.39 is 0 Å². The maximum Gasteiger partial charge on any atom is 0.241 e. The molecule has 0 bridgehead atoms. The number of anilines is 2. The predicted molar refractivity (Wildman–Crippen MR) is 159 cm³/mol. The van der Waals surface area contributed by atoms with Gasteiger partial charge >= 0.3 is 0 Å². The highest BCUT2D eigenvalue weighted by Crippen LogP contribution is 2.37. The molecule has 3 atom stereocenters. The van der Waals surface area contributed by atoms with Gasteiger partial charge in [-0.1, -0.05) is 31.2 Å². The number of imidazole rings is 1. The van der Waals surface area contributed by atoms with Crippen molar-refractivity contribution >= 4 is 22.9 Å². The van der Waals surface area contributed by atoms with Crippen molar-refractivity contribution in [3.05, 3.63) is 77.1 Å². The molecule has 4 aromatic rings. The lowest BCUT2D eigenvalue weighted by molar-refractivity contribution is 0.0973. The predicted octanol–water partition coefficient (Wildman–Crippen LogP) is 4.96. The Bertz CT molecular complexity index is 1480. The molecule has 2 aliphatic rings. The van der Waals surface area contributed by atoms with Gasteiger partial charge in [0.15, 0.2) is 17.0 Å². The molecule has 0 spiro atoms. The number of fused-ring (bicyclic) bond motifs is 1. The van der Waals surface area contributed by atoms with Crippen LogP contribution in [0.3, 0.4) is 0 Å². The zero-order valence-electron chi connectivity index (χ0n) is 24.3. The second-order valence-corrected chi connectivity index (χ2v) is 11.4. The van der Waals surface area contributed by atoms with Crippen LogP contribution < -0.4 is 16.2 Å². The van der Waals surface area contributed by atoms with E-state index in [-0.39, 0.29) is 35.9 Å². The van der Waals surface area contributed by atoms with Crippen LogP contribution in [-0.2, 0) is 11.3 Å². The summed E-state index contributed by atoms with van der Waals surface area (Å²) < 4.78 is 35.8. The first-order chi connectivity index (χ1) is 20.4. The summed E-state index contributed by atoms with van der Waals surface area (Å²) in [6.45, 7) is 9.17. The Morgan fingerprint density at radius 2 is 1.67 bits per heavy atom. The van der Waals surface area contributed by atoms with Crippen molar-refractivity contribution in [2.75, 3.05) is 30.0 Å².